The first-order chi connectivity index (χ1) is 10.4. The Hall–Kier alpha value is -1.56. The van der Waals surface area contributed by atoms with E-state index in [1.165, 1.54) is 5.56 Å². The third kappa shape index (κ3) is 7.45. The van der Waals surface area contributed by atoms with Gasteiger partial charge in [0.15, 0.2) is 0 Å². The Morgan fingerprint density at radius 3 is 2.05 bits per heavy atom. The molecule has 0 amide bonds. The largest absolute Gasteiger partial charge is 0.483 e. The highest BCUT2D eigenvalue weighted by Crippen LogP contribution is 2.59. The van der Waals surface area contributed by atoms with Gasteiger partial charge in [-0.15, -0.1) is 0 Å². The standard InChI is InChI=1S/C8H10.C7H12F3N.CH2O2/c1-2-8-6-4-3-5-7-8;1-11-5-4-6(2-3-6)7(8,9)10;2-1-3/h3-7H,2H2,1H3;11H,2-5H2,1H3;1H,(H,2,3). The van der Waals surface area contributed by atoms with Crippen molar-refractivity contribution in [1.82, 2.24) is 5.32 Å². The van der Waals surface area contributed by atoms with Gasteiger partial charge >= 0.3 is 6.18 Å². The average molecular weight is 319 g/mol. The first-order valence-corrected chi connectivity index (χ1v) is 7.20. The van der Waals surface area contributed by atoms with Crippen molar-refractivity contribution in [3.63, 3.8) is 0 Å². The molecule has 1 fully saturated rings. The first-order valence-electron chi connectivity index (χ1n) is 7.20. The number of hydrogen-bond acceptors (Lipinski definition) is 2. The highest BCUT2D eigenvalue weighted by atomic mass is 19.4. The number of carboxylic acid groups (broad SMARTS) is 1. The molecule has 0 bridgehead atoms. The van der Waals surface area contributed by atoms with Crippen molar-refractivity contribution in [2.45, 2.75) is 38.8 Å². The quantitative estimate of drug-likeness (QED) is 0.828. The Bertz CT molecular complexity index is 404. The van der Waals surface area contributed by atoms with E-state index in [1.807, 2.05) is 6.07 Å². The van der Waals surface area contributed by atoms with E-state index in [1.54, 1.807) is 7.05 Å². The molecule has 0 spiro atoms. The van der Waals surface area contributed by atoms with E-state index in [4.69, 9.17) is 9.90 Å². The SMILES string of the molecule is CCc1ccccc1.CNCCC1(C(F)(F)F)CC1.O=CO. The van der Waals surface area contributed by atoms with Crippen LogP contribution in [-0.4, -0.2) is 31.3 Å². The lowest BCUT2D eigenvalue weighted by Crippen LogP contribution is -2.27. The summed E-state index contributed by atoms with van der Waals surface area (Å²) < 4.78 is 36.6. The fraction of sp³-hybridized carbons (Fsp3) is 0.562. The number of aryl methyl sites for hydroxylation is 1. The molecule has 2 rings (SSSR count). The number of hydrogen-bond donors (Lipinski definition) is 2. The van der Waals surface area contributed by atoms with Crippen molar-refractivity contribution in [3.8, 4) is 0 Å². The summed E-state index contributed by atoms with van der Waals surface area (Å²) in [4.78, 5) is 8.36. The molecule has 0 heterocycles. The molecule has 1 aromatic carbocycles. The molecule has 0 aliphatic heterocycles. The summed E-state index contributed by atoms with van der Waals surface area (Å²) in [6.45, 7) is 2.37. The number of nitrogens with one attached hydrogen (secondary N) is 1. The van der Waals surface area contributed by atoms with Gasteiger partial charge in [0.25, 0.3) is 6.47 Å². The molecule has 2 N–H and O–H groups in total. The molecule has 1 aromatic rings. The molecule has 22 heavy (non-hydrogen) atoms. The Morgan fingerprint density at radius 2 is 1.77 bits per heavy atom. The van der Waals surface area contributed by atoms with Crippen LogP contribution in [0.5, 0.6) is 0 Å². The van der Waals surface area contributed by atoms with Crippen LogP contribution in [-0.2, 0) is 11.2 Å². The van der Waals surface area contributed by atoms with Crippen LogP contribution in [0, 0.1) is 5.41 Å². The second kappa shape index (κ2) is 10.2. The number of rotatable bonds is 4. The van der Waals surface area contributed by atoms with E-state index >= 15 is 0 Å². The molecular weight excluding hydrogens is 295 g/mol. The third-order valence-electron chi connectivity index (χ3n) is 3.56. The predicted octanol–water partition coefficient (Wildman–Crippen LogP) is 3.89. The van der Waals surface area contributed by atoms with Crippen LogP contribution in [0.25, 0.3) is 0 Å². The Morgan fingerprint density at radius 1 is 1.27 bits per heavy atom. The molecule has 0 atom stereocenters. The minimum absolute atomic E-state index is 0.229. The van der Waals surface area contributed by atoms with Crippen LogP contribution >= 0.6 is 0 Å². The molecule has 6 heteroatoms. The summed E-state index contributed by atoms with van der Waals surface area (Å²) in [5.41, 5.74) is 0.0863. The fourth-order valence-electron chi connectivity index (χ4n) is 1.90. The van der Waals surface area contributed by atoms with Crippen molar-refractivity contribution >= 4 is 6.47 Å². The smallest absolute Gasteiger partial charge is 0.394 e. The molecule has 0 saturated heterocycles. The van der Waals surface area contributed by atoms with Crippen LogP contribution < -0.4 is 5.32 Å². The van der Waals surface area contributed by atoms with E-state index in [0.717, 1.165) is 6.42 Å². The minimum atomic E-state index is -3.98. The van der Waals surface area contributed by atoms with Gasteiger partial charge in [-0.1, -0.05) is 37.3 Å². The summed E-state index contributed by atoms with van der Waals surface area (Å²) >= 11 is 0. The maximum atomic E-state index is 12.2. The topological polar surface area (TPSA) is 49.3 Å². The van der Waals surface area contributed by atoms with Crippen molar-refractivity contribution in [1.29, 1.82) is 0 Å². The highest BCUT2D eigenvalue weighted by molar-refractivity contribution is 5.32. The van der Waals surface area contributed by atoms with E-state index in [-0.39, 0.29) is 12.9 Å². The number of halogens is 3. The lowest BCUT2D eigenvalue weighted by Gasteiger charge is -2.18. The summed E-state index contributed by atoms with van der Waals surface area (Å²) in [5, 5.41) is 9.62. The zero-order valence-corrected chi connectivity index (χ0v) is 13.0. The average Bonchev–Trinajstić information content (AvgIpc) is 3.28. The highest BCUT2D eigenvalue weighted by Gasteiger charge is 2.62. The summed E-state index contributed by atoms with van der Waals surface area (Å²) in [6.07, 6.45) is -1.98. The zero-order chi connectivity index (χ0) is 17.1. The van der Waals surface area contributed by atoms with Gasteiger partial charge in [0, 0.05) is 0 Å². The lowest BCUT2D eigenvalue weighted by molar-refractivity contribution is -0.188. The molecule has 126 valence electrons. The molecule has 1 aliphatic rings. The molecule has 0 aromatic heterocycles. The van der Waals surface area contributed by atoms with Gasteiger partial charge in [-0.3, -0.25) is 4.79 Å². The van der Waals surface area contributed by atoms with E-state index in [9.17, 15) is 13.2 Å². The van der Waals surface area contributed by atoms with Crippen LogP contribution in [0.4, 0.5) is 13.2 Å². The zero-order valence-electron chi connectivity index (χ0n) is 13.0. The maximum Gasteiger partial charge on any atom is 0.394 e. The molecular formula is C16H24F3NO2. The predicted molar refractivity (Wildman–Crippen MR) is 80.8 cm³/mol. The van der Waals surface area contributed by atoms with Gasteiger partial charge in [-0.25, -0.2) is 0 Å². The van der Waals surface area contributed by atoms with Crippen LogP contribution in [0.2, 0.25) is 0 Å². The van der Waals surface area contributed by atoms with Crippen molar-refractivity contribution in [2.75, 3.05) is 13.6 Å². The third-order valence-corrected chi connectivity index (χ3v) is 3.56. The second-order valence-corrected chi connectivity index (χ2v) is 5.08. The summed E-state index contributed by atoms with van der Waals surface area (Å²) in [6, 6.07) is 10.5. The lowest BCUT2D eigenvalue weighted by atomic mass is 10.0. The van der Waals surface area contributed by atoms with Gasteiger partial charge in [-0.2, -0.15) is 13.2 Å². The van der Waals surface area contributed by atoms with Gasteiger partial charge < -0.3 is 10.4 Å². The van der Waals surface area contributed by atoms with Gasteiger partial charge in [0.1, 0.15) is 0 Å². The fourth-order valence-corrected chi connectivity index (χ4v) is 1.90. The second-order valence-electron chi connectivity index (χ2n) is 5.08. The first kappa shape index (κ1) is 20.4. The van der Waals surface area contributed by atoms with Crippen molar-refractivity contribution in [2.24, 2.45) is 5.41 Å². The van der Waals surface area contributed by atoms with Crippen LogP contribution in [0.3, 0.4) is 0 Å². The number of carbonyl (C=O) groups is 1. The van der Waals surface area contributed by atoms with Crippen molar-refractivity contribution < 1.29 is 23.1 Å². The van der Waals surface area contributed by atoms with Gasteiger partial charge in [0.05, 0.1) is 5.41 Å². The number of alkyl halides is 3. The summed E-state index contributed by atoms with van der Waals surface area (Å²) in [7, 11) is 1.67. The minimum Gasteiger partial charge on any atom is -0.483 e. The molecule has 1 saturated carbocycles. The molecule has 1 aliphatic carbocycles. The molecule has 0 unspecified atom stereocenters. The molecule has 3 nitrogen and oxygen atoms in total. The monoisotopic (exact) mass is 319 g/mol. The van der Waals surface area contributed by atoms with E-state index in [2.05, 4.69) is 36.5 Å². The maximum absolute atomic E-state index is 12.2. The Labute approximate surface area is 129 Å². The van der Waals surface area contributed by atoms with Gasteiger partial charge in [-0.05, 0) is 44.8 Å². The Kier molecular flexibility index (Phi) is 9.49. The summed E-state index contributed by atoms with van der Waals surface area (Å²) in [5.74, 6) is 0. The Balaban J connectivity index is 0.000000352. The van der Waals surface area contributed by atoms with Gasteiger partial charge in [0.2, 0.25) is 0 Å². The van der Waals surface area contributed by atoms with Crippen LogP contribution in [0.1, 0.15) is 31.7 Å². The number of benzene rings is 1. The van der Waals surface area contributed by atoms with E-state index in [0.29, 0.717) is 19.4 Å². The normalized spacial score (nSPS) is 14.8. The van der Waals surface area contributed by atoms with Crippen molar-refractivity contribution in [3.05, 3.63) is 35.9 Å². The van der Waals surface area contributed by atoms with Crippen LogP contribution in [0.15, 0.2) is 30.3 Å². The molecule has 0 radical (unpaired) electrons. The van der Waals surface area contributed by atoms with E-state index < -0.39 is 11.6 Å².